The van der Waals surface area contributed by atoms with Crippen molar-refractivity contribution in [1.29, 1.82) is 0 Å². The number of phenolic OH excluding ortho intramolecular Hbond substituents is 1. The smallest absolute Gasteiger partial charge is 0.273 e. The van der Waals surface area contributed by atoms with Crippen LogP contribution in [0.1, 0.15) is 0 Å². The van der Waals surface area contributed by atoms with Crippen LogP contribution in [0, 0.1) is 10.1 Å². The van der Waals surface area contributed by atoms with E-state index in [0.29, 0.717) is 5.03 Å². The molecular weight excluding hydrogens is 240 g/mol. The summed E-state index contributed by atoms with van der Waals surface area (Å²) in [5.74, 6) is 0.153. The molecule has 0 aliphatic rings. The number of phenols is 1. The quantitative estimate of drug-likeness (QED) is 0.667. The Bertz CT molecular complexity index is 560. The molecule has 0 radical (unpaired) electrons. The highest BCUT2D eigenvalue weighted by Gasteiger charge is 2.07. The van der Waals surface area contributed by atoms with Crippen LogP contribution in [0.25, 0.3) is 0 Å². The third-order valence-corrected chi connectivity index (χ3v) is 2.89. The number of rotatable bonds is 3. The summed E-state index contributed by atoms with van der Waals surface area (Å²) in [5.41, 5.74) is 0.00246. The normalized spacial score (nSPS) is 10.1. The first-order chi connectivity index (χ1) is 8.15. The van der Waals surface area contributed by atoms with Crippen LogP contribution >= 0.6 is 11.8 Å². The largest absolute Gasteiger partial charge is 0.508 e. The number of aromatic hydroxyl groups is 1. The molecule has 0 unspecified atom stereocenters. The fraction of sp³-hybridized carbons (Fsp3) is 0. The summed E-state index contributed by atoms with van der Waals surface area (Å²) in [6.45, 7) is 0. The molecule has 0 bridgehead atoms. The molecule has 6 heteroatoms. The molecular formula is C11H8N2O3S. The van der Waals surface area contributed by atoms with E-state index in [0.717, 1.165) is 4.90 Å². The van der Waals surface area contributed by atoms with E-state index in [2.05, 4.69) is 4.98 Å². The van der Waals surface area contributed by atoms with E-state index < -0.39 is 4.92 Å². The van der Waals surface area contributed by atoms with Gasteiger partial charge < -0.3 is 5.11 Å². The standard InChI is InChI=1S/C11H8N2O3S/c14-9-2-1-3-10(7-9)17-11-6-8(13(15)16)4-5-12-11/h1-7,14H. The minimum absolute atomic E-state index is 0.00246. The lowest BCUT2D eigenvalue weighted by atomic mass is 10.3. The van der Waals surface area contributed by atoms with Gasteiger partial charge in [0.2, 0.25) is 0 Å². The lowest BCUT2D eigenvalue weighted by molar-refractivity contribution is -0.385. The van der Waals surface area contributed by atoms with Gasteiger partial charge in [-0.15, -0.1) is 0 Å². The number of hydrogen-bond acceptors (Lipinski definition) is 5. The number of hydrogen-bond donors (Lipinski definition) is 1. The molecule has 1 aromatic heterocycles. The Hall–Kier alpha value is -2.08. The molecule has 1 heterocycles. The van der Waals surface area contributed by atoms with Crippen molar-refractivity contribution in [1.82, 2.24) is 4.98 Å². The summed E-state index contributed by atoms with van der Waals surface area (Å²) >= 11 is 1.26. The van der Waals surface area contributed by atoms with Gasteiger partial charge in [-0.05, 0) is 18.2 Å². The van der Waals surface area contributed by atoms with Crippen molar-refractivity contribution in [2.45, 2.75) is 9.92 Å². The summed E-state index contributed by atoms with van der Waals surface area (Å²) < 4.78 is 0. The predicted octanol–water partition coefficient (Wildman–Crippen LogP) is 2.85. The van der Waals surface area contributed by atoms with Gasteiger partial charge in [0.25, 0.3) is 5.69 Å². The van der Waals surface area contributed by atoms with Gasteiger partial charge >= 0.3 is 0 Å². The molecule has 0 aliphatic carbocycles. The number of pyridine rings is 1. The van der Waals surface area contributed by atoms with Crippen molar-refractivity contribution in [2.75, 3.05) is 0 Å². The van der Waals surface area contributed by atoms with Gasteiger partial charge in [-0.1, -0.05) is 17.8 Å². The zero-order valence-corrected chi connectivity index (χ0v) is 9.42. The minimum atomic E-state index is -0.464. The highest BCUT2D eigenvalue weighted by atomic mass is 32.2. The maximum absolute atomic E-state index is 10.6. The molecule has 2 aromatic rings. The van der Waals surface area contributed by atoms with Crippen LogP contribution in [0.2, 0.25) is 0 Å². The fourth-order valence-corrected chi connectivity index (χ4v) is 2.10. The predicted molar refractivity (Wildman–Crippen MR) is 63.1 cm³/mol. The minimum Gasteiger partial charge on any atom is -0.508 e. The topological polar surface area (TPSA) is 76.3 Å². The second kappa shape index (κ2) is 4.84. The van der Waals surface area contributed by atoms with Crippen LogP contribution in [-0.4, -0.2) is 15.0 Å². The molecule has 17 heavy (non-hydrogen) atoms. The summed E-state index contributed by atoms with van der Waals surface area (Å²) in [4.78, 5) is 14.9. The Kier molecular flexibility index (Phi) is 3.24. The van der Waals surface area contributed by atoms with E-state index in [4.69, 9.17) is 0 Å². The van der Waals surface area contributed by atoms with Crippen molar-refractivity contribution in [3.05, 3.63) is 52.7 Å². The van der Waals surface area contributed by atoms with Gasteiger partial charge in [-0.25, -0.2) is 4.98 Å². The fourth-order valence-electron chi connectivity index (χ4n) is 1.24. The van der Waals surface area contributed by atoms with Crippen molar-refractivity contribution < 1.29 is 10.0 Å². The molecule has 0 fully saturated rings. The second-order valence-corrected chi connectivity index (χ2v) is 4.30. The molecule has 0 atom stereocenters. The molecule has 86 valence electrons. The summed E-state index contributed by atoms with van der Waals surface area (Å²) in [5, 5.41) is 20.4. The van der Waals surface area contributed by atoms with E-state index in [1.165, 1.54) is 30.1 Å². The first kappa shape index (κ1) is 11.4. The van der Waals surface area contributed by atoms with Crippen molar-refractivity contribution in [3.8, 4) is 5.75 Å². The molecule has 0 spiro atoms. The number of nitro groups is 1. The van der Waals surface area contributed by atoms with Crippen molar-refractivity contribution in [3.63, 3.8) is 0 Å². The van der Waals surface area contributed by atoms with Gasteiger partial charge in [0.05, 0.1) is 4.92 Å². The number of benzene rings is 1. The summed E-state index contributed by atoms with van der Waals surface area (Å²) in [6.07, 6.45) is 1.39. The van der Waals surface area contributed by atoms with Crippen LogP contribution in [0.5, 0.6) is 5.75 Å². The Morgan fingerprint density at radius 2 is 2.12 bits per heavy atom. The van der Waals surface area contributed by atoms with Gasteiger partial charge in [-0.3, -0.25) is 10.1 Å². The molecule has 0 amide bonds. The van der Waals surface area contributed by atoms with Crippen LogP contribution in [0.3, 0.4) is 0 Å². The Balaban J connectivity index is 2.24. The third-order valence-electron chi connectivity index (χ3n) is 1.97. The second-order valence-electron chi connectivity index (χ2n) is 3.21. The lowest BCUT2D eigenvalue weighted by Gasteiger charge is -2.01. The zero-order chi connectivity index (χ0) is 12.3. The van der Waals surface area contributed by atoms with Crippen LogP contribution in [0.15, 0.2) is 52.5 Å². The average Bonchev–Trinajstić information content (AvgIpc) is 2.29. The highest BCUT2D eigenvalue weighted by Crippen LogP contribution is 2.29. The summed E-state index contributed by atoms with van der Waals surface area (Å²) in [7, 11) is 0. The van der Waals surface area contributed by atoms with Crippen LogP contribution in [0.4, 0.5) is 5.69 Å². The molecule has 0 saturated heterocycles. The monoisotopic (exact) mass is 248 g/mol. The SMILES string of the molecule is O=[N+]([O-])c1ccnc(Sc2cccc(O)c2)c1. The molecule has 2 rings (SSSR count). The molecule has 1 aromatic carbocycles. The number of aromatic nitrogens is 1. The average molecular weight is 248 g/mol. The molecule has 5 nitrogen and oxygen atoms in total. The maximum Gasteiger partial charge on any atom is 0.273 e. The first-order valence-electron chi connectivity index (χ1n) is 4.72. The van der Waals surface area contributed by atoms with Gasteiger partial charge in [0.1, 0.15) is 10.8 Å². The number of nitrogens with zero attached hydrogens (tertiary/aromatic N) is 2. The van der Waals surface area contributed by atoms with E-state index >= 15 is 0 Å². The Labute approximate surface area is 101 Å². The molecule has 1 N–H and O–H groups in total. The molecule has 0 aliphatic heterocycles. The van der Waals surface area contributed by atoms with Crippen LogP contribution in [-0.2, 0) is 0 Å². The summed E-state index contributed by atoms with van der Waals surface area (Å²) in [6, 6.07) is 9.37. The Morgan fingerprint density at radius 1 is 1.29 bits per heavy atom. The molecule has 0 saturated carbocycles. The van der Waals surface area contributed by atoms with Crippen LogP contribution < -0.4 is 0 Å². The van der Waals surface area contributed by atoms with E-state index in [9.17, 15) is 15.2 Å². The first-order valence-corrected chi connectivity index (χ1v) is 5.54. The van der Waals surface area contributed by atoms with E-state index in [1.54, 1.807) is 24.3 Å². The van der Waals surface area contributed by atoms with Crippen molar-refractivity contribution >= 4 is 17.4 Å². The van der Waals surface area contributed by atoms with Gasteiger partial charge in [-0.2, -0.15) is 0 Å². The van der Waals surface area contributed by atoms with E-state index in [1.807, 2.05) is 0 Å². The highest BCUT2D eigenvalue weighted by molar-refractivity contribution is 7.99. The maximum atomic E-state index is 10.6. The van der Waals surface area contributed by atoms with Gasteiger partial charge in [0.15, 0.2) is 0 Å². The lowest BCUT2D eigenvalue weighted by Crippen LogP contribution is -1.89. The van der Waals surface area contributed by atoms with E-state index in [-0.39, 0.29) is 11.4 Å². The Morgan fingerprint density at radius 3 is 2.82 bits per heavy atom. The van der Waals surface area contributed by atoms with Crippen molar-refractivity contribution in [2.24, 2.45) is 0 Å². The zero-order valence-electron chi connectivity index (χ0n) is 8.61. The van der Waals surface area contributed by atoms with Gasteiger partial charge in [0, 0.05) is 23.2 Å². The third kappa shape index (κ3) is 2.94.